The van der Waals surface area contributed by atoms with Crippen molar-refractivity contribution in [2.75, 3.05) is 13.2 Å². The van der Waals surface area contributed by atoms with Crippen molar-refractivity contribution < 1.29 is 23.4 Å². The van der Waals surface area contributed by atoms with E-state index in [1.165, 1.54) is 6.07 Å². The monoisotopic (exact) mass is 410 g/mol. The van der Waals surface area contributed by atoms with Crippen LogP contribution >= 0.6 is 0 Å². The van der Waals surface area contributed by atoms with Gasteiger partial charge in [-0.25, -0.2) is 9.07 Å². The number of carbonyl (C=O) groups excluding carboxylic acids is 1. The highest BCUT2D eigenvalue weighted by molar-refractivity contribution is 5.65. The van der Waals surface area contributed by atoms with Gasteiger partial charge < -0.3 is 19.0 Å². The lowest BCUT2D eigenvalue weighted by Gasteiger charge is -2.26. The van der Waals surface area contributed by atoms with E-state index in [1.54, 1.807) is 36.7 Å². The molecule has 4 rings (SSSR count). The zero-order valence-electron chi connectivity index (χ0n) is 16.9. The molecule has 0 saturated carbocycles. The van der Waals surface area contributed by atoms with Crippen molar-refractivity contribution in [3.8, 4) is 22.7 Å². The molecule has 0 radical (unpaired) electrons. The molecule has 0 atom stereocenters. The van der Waals surface area contributed by atoms with Gasteiger partial charge in [-0.2, -0.15) is 5.10 Å². The zero-order chi connectivity index (χ0) is 21.1. The number of para-hydroxylation sites is 1. The molecule has 3 aromatic rings. The second-order valence-corrected chi connectivity index (χ2v) is 7.70. The van der Waals surface area contributed by atoms with E-state index in [9.17, 15) is 9.18 Å². The maximum atomic E-state index is 14.5. The van der Waals surface area contributed by atoms with Crippen LogP contribution in [-0.4, -0.2) is 41.0 Å². The van der Waals surface area contributed by atoms with Gasteiger partial charge in [-0.3, -0.25) is 0 Å². The zero-order valence-corrected chi connectivity index (χ0v) is 16.9. The van der Waals surface area contributed by atoms with Crippen LogP contribution in [0.15, 0.2) is 54.6 Å². The largest absolute Gasteiger partial charge is 0.486 e. The molecule has 1 aliphatic rings. The number of hydrogen-bond acceptors (Lipinski definition) is 5. The molecule has 0 unspecified atom stereocenters. The normalized spacial score (nSPS) is 14.4. The van der Waals surface area contributed by atoms with E-state index in [4.69, 9.17) is 14.2 Å². The number of aldehydes is 1. The molecule has 1 aromatic heterocycles. The Bertz CT molecular complexity index is 1040. The Hall–Kier alpha value is -3.03. The molecule has 0 amide bonds. The van der Waals surface area contributed by atoms with E-state index in [2.05, 4.69) is 5.10 Å². The third-order valence-corrected chi connectivity index (χ3v) is 4.76. The van der Waals surface area contributed by atoms with Crippen LogP contribution in [0, 0.1) is 5.82 Å². The predicted octanol–water partition coefficient (Wildman–Crippen LogP) is 3.95. The second kappa shape index (κ2) is 8.38. The molecule has 0 aliphatic carbocycles. The molecular formula is C23H23FN2O4. The van der Waals surface area contributed by atoms with Gasteiger partial charge in [-0.1, -0.05) is 24.3 Å². The van der Waals surface area contributed by atoms with Crippen LogP contribution in [0.3, 0.4) is 0 Å². The molecule has 1 fully saturated rings. The van der Waals surface area contributed by atoms with Gasteiger partial charge in [-0.05, 0) is 44.2 Å². The van der Waals surface area contributed by atoms with E-state index in [0.717, 1.165) is 11.8 Å². The number of rotatable bonds is 8. The van der Waals surface area contributed by atoms with E-state index >= 15 is 0 Å². The topological polar surface area (TPSA) is 62.6 Å². The Kier molecular flexibility index (Phi) is 5.65. The lowest BCUT2D eigenvalue weighted by atomic mass is 10.1. The molecule has 0 N–H and O–H groups in total. The molecule has 1 saturated heterocycles. The van der Waals surface area contributed by atoms with Gasteiger partial charge in [0.15, 0.2) is 6.29 Å². The third-order valence-electron chi connectivity index (χ3n) is 4.76. The van der Waals surface area contributed by atoms with E-state index in [0.29, 0.717) is 36.0 Å². The van der Waals surface area contributed by atoms with Gasteiger partial charge in [0.1, 0.15) is 29.0 Å². The number of ether oxygens (including phenoxy) is 3. The van der Waals surface area contributed by atoms with Crippen LogP contribution in [0.4, 0.5) is 4.39 Å². The fourth-order valence-corrected chi connectivity index (χ4v) is 3.01. The molecular weight excluding hydrogens is 387 g/mol. The smallest absolute Gasteiger partial charge is 0.151 e. The number of halogens is 1. The van der Waals surface area contributed by atoms with Gasteiger partial charge in [0.25, 0.3) is 0 Å². The van der Waals surface area contributed by atoms with Crippen molar-refractivity contribution in [2.24, 2.45) is 0 Å². The lowest BCUT2D eigenvalue weighted by Crippen LogP contribution is -2.38. The minimum Gasteiger partial charge on any atom is -0.486 e. The molecule has 1 aliphatic heterocycles. The third kappa shape index (κ3) is 4.42. The first-order chi connectivity index (χ1) is 14.4. The average Bonchev–Trinajstić information content (AvgIpc) is 3.14. The number of carbonyl (C=O) groups is 1. The van der Waals surface area contributed by atoms with Crippen molar-refractivity contribution in [1.29, 1.82) is 0 Å². The molecule has 30 heavy (non-hydrogen) atoms. The van der Waals surface area contributed by atoms with Gasteiger partial charge in [-0.15, -0.1) is 0 Å². The summed E-state index contributed by atoms with van der Waals surface area (Å²) in [5.41, 5.74) is 1.50. The Morgan fingerprint density at radius 1 is 1.20 bits per heavy atom. The van der Waals surface area contributed by atoms with Crippen LogP contribution < -0.4 is 4.74 Å². The number of nitrogens with zero attached hydrogens (tertiary/aromatic N) is 2. The summed E-state index contributed by atoms with van der Waals surface area (Å²) in [6, 6.07) is 15.8. The Labute approximate surface area is 174 Å². The Balaban J connectivity index is 1.71. The van der Waals surface area contributed by atoms with Crippen LogP contribution in [0.2, 0.25) is 0 Å². The summed E-state index contributed by atoms with van der Waals surface area (Å²) in [5.74, 6) is 0.323. The molecule has 6 nitrogen and oxygen atoms in total. The predicted molar refractivity (Wildman–Crippen MR) is 109 cm³/mol. The summed E-state index contributed by atoms with van der Waals surface area (Å²) in [5, 5.41) is 4.55. The van der Waals surface area contributed by atoms with Gasteiger partial charge in [0.05, 0.1) is 31.2 Å². The van der Waals surface area contributed by atoms with Crippen LogP contribution in [0.25, 0.3) is 16.9 Å². The molecule has 156 valence electrons. The van der Waals surface area contributed by atoms with Gasteiger partial charge in [0, 0.05) is 5.56 Å². The van der Waals surface area contributed by atoms with Crippen LogP contribution in [-0.2, 0) is 20.9 Å². The SMILES string of the molecule is CC(C)(C=O)OCc1cc(-c2cccc(OC3COC3)c2)n(-c2ccccc2F)n1. The van der Waals surface area contributed by atoms with Crippen molar-refractivity contribution >= 4 is 6.29 Å². The fourth-order valence-electron chi connectivity index (χ4n) is 3.01. The quantitative estimate of drug-likeness (QED) is 0.526. The first-order valence-corrected chi connectivity index (χ1v) is 9.74. The number of aromatic nitrogens is 2. The summed E-state index contributed by atoms with van der Waals surface area (Å²) in [7, 11) is 0. The van der Waals surface area contributed by atoms with Crippen LogP contribution in [0.1, 0.15) is 19.5 Å². The lowest BCUT2D eigenvalue weighted by molar-refractivity contribution is -0.128. The second-order valence-electron chi connectivity index (χ2n) is 7.70. The first kappa shape index (κ1) is 20.3. The Morgan fingerprint density at radius 2 is 2.00 bits per heavy atom. The highest BCUT2D eigenvalue weighted by Gasteiger charge is 2.22. The van der Waals surface area contributed by atoms with E-state index < -0.39 is 5.60 Å². The van der Waals surface area contributed by atoms with Crippen molar-refractivity contribution in [3.63, 3.8) is 0 Å². The molecule has 2 aromatic carbocycles. The summed E-state index contributed by atoms with van der Waals surface area (Å²) < 4.78 is 32.8. The average molecular weight is 410 g/mol. The van der Waals surface area contributed by atoms with Gasteiger partial charge in [0.2, 0.25) is 0 Å². The highest BCUT2D eigenvalue weighted by Crippen LogP contribution is 2.29. The van der Waals surface area contributed by atoms with E-state index in [-0.39, 0.29) is 18.5 Å². The molecule has 2 heterocycles. The van der Waals surface area contributed by atoms with E-state index in [1.807, 2.05) is 30.3 Å². The first-order valence-electron chi connectivity index (χ1n) is 9.74. The maximum Gasteiger partial charge on any atom is 0.151 e. The van der Waals surface area contributed by atoms with Gasteiger partial charge >= 0.3 is 0 Å². The number of hydrogen-bond donors (Lipinski definition) is 0. The van der Waals surface area contributed by atoms with Crippen molar-refractivity contribution in [2.45, 2.75) is 32.2 Å². The molecule has 0 bridgehead atoms. The molecule has 7 heteroatoms. The minimum absolute atomic E-state index is 0.0475. The van der Waals surface area contributed by atoms with Crippen molar-refractivity contribution in [1.82, 2.24) is 9.78 Å². The minimum atomic E-state index is -0.930. The summed E-state index contributed by atoms with van der Waals surface area (Å²) in [6.45, 7) is 4.63. The summed E-state index contributed by atoms with van der Waals surface area (Å²) in [6.07, 6.45) is 0.790. The Morgan fingerprint density at radius 3 is 2.70 bits per heavy atom. The van der Waals surface area contributed by atoms with Crippen LogP contribution in [0.5, 0.6) is 5.75 Å². The van der Waals surface area contributed by atoms with Crippen molar-refractivity contribution in [3.05, 3.63) is 66.1 Å². The molecule has 0 spiro atoms. The maximum absolute atomic E-state index is 14.5. The standard InChI is InChI=1S/C23H23FN2O4/c1-23(2,15-27)29-12-17-11-22(26(25-17)21-9-4-3-8-20(21)24)16-6-5-7-18(10-16)30-19-13-28-14-19/h3-11,15,19H,12-14H2,1-2H3. The number of benzene rings is 2. The summed E-state index contributed by atoms with van der Waals surface area (Å²) in [4.78, 5) is 11.1. The fraction of sp³-hybridized carbons (Fsp3) is 0.304. The summed E-state index contributed by atoms with van der Waals surface area (Å²) >= 11 is 0. The highest BCUT2D eigenvalue weighted by atomic mass is 19.1.